The number of anilines is 2. The lowest BCUT2D eigenvalue weighted by Gasteiger charge is -2.28. The van der Waals surface area contributed by atoms with Gasteiger partial charge in [-0.25, -0.2) is 9.29 Å². The lowest BCUT2D eigenvalue weighted by molar-refractivity contribution is -0.138. The molecule has 3 aromatic rings. The van der Waals surface area contributed by atoms with E-state index in [-0.39, 0.29) is 31.2 Å². The topological polar surface area (TPSA) is 86.8 Å². The standard InChI is InChI=1S/C27H24FN3O4/c1-18(32)29-22-11-13-23(14-12-22)31-26(34)16-24(27(31)35)30(17-20-7-9-21(28)10-8-20)25(33)15-19-5-3-2-4-6-19/h2-14,24H,15-17H2,1H3,(H,29,32). The molecule has 0 bridgehead atoms. The quantitative estimate of drug-likeness (QED) is 0.531. The number of nitrogens with zero attached hydrogens (tertiary/aromatic N) is 2. The Morgan fingerprint density at radius 3 is 2.23 bits per heavy atom. The average molecular weight is 474 g/mol. The highest BCUT2D eigenvalue weighted by Gasteiger charge is 2.44. The van der Waals surface area contributed by atoms with Crippen LogP contribution in [0.4, 0.5) is 15.8 Å². The molecule has 1 aliphatic heterocycles. The van der Waals surface area contributed by atoms with Crippen LogP contribution in [0, 0.1) is 5.82 Å². The zero-order valence-corrected chi connectivity index (χ0v) is 19.1. The van der Waals surface area contributed by atoms with E-state index in [1.165, 1.54) is 24.0 Å². The summed E-state index contributed by atoms with van der Waals surface area (Å²) < 4.78 is 13.4. The molecule has 0 aliphatic carbocycles. The number of carbonyl (C=O) groups excluding carboxylic acids is 4. The molecule has 1 N–H and O–H groups in total. The summed E-state index contributed by atoms with van der Waals surface area (Å²) in [5, 5.41) is 2.63. The van der Waals surface area contributed by atoms with E-state index in [2.05, 4.69) is 5.32 Å². The lowest BCUT2D eigenvalue weighted by atomic mass is 10.1. The van der Waals surface area contributed by atoms with Crippen LogP contribution < -0.4 is 10.2 Å². The van der Waals surface area contributed by atoms with Gasteiger partial charge in [0.2, 0.25) is 17.7 Å². The van der Waals surface area contributed by atoms with E-state index in [4.69, 9.17) is 0 Å². The van der Waals surface area contributed by atoms with Crippen molar-refractivity contribution in [1.29, 1.82) is 0 Å². The Bertz CT molecular complexity index is 1240. The maximum atomic E-state index is 13.4. The van der Waals surface area contributed by atoms with Crippen LogP contribution in [-0.4, -0.2) is 34.6 Å². The van der Waals surface area contributed by atoms with Gasteiger partial charge >= 0.3 is 0 Å². The molecular formula is C27H24FN3O4. The van der Waals surface area contributed by atoms with Crippen LogP contribution in [0.3, 0.4) is 0 Å². The van der Waals surface area contributed by atoms with Crippen molar-refractivity contribution >= 4 is 35.0 Å². The van der Waals surface area contributed by atoms with E-state index >= 15 is 0 Å². The van der Waals surface area contributed by atoms with E-state index < -0.39 is 23.7 Å². The number of nitrogens with one attached hydrogen (secondary N) is 1. The number of rotatable bonds is 7. The van der Waals surface area contributed by atoms with Crippen LogP contribution >= 0.6 is 0 Å². The first-order valence-electron chi connectivity index (χ1n) is 11.1. The highest BCUT2D eigenvalue weighted by molar-refractivity contribution is 6.23. The fourth-order valence-electron chi connectivity index (χ4n) is 4.06. The first kappa shape index (κ1) is 23.8. The molecule has 7 nitrogen and oxygen atoms in total. The summed E-state index contributed by atoms with van der Waals surface area (Å²) in [5.41, 5.74) is 2.32. The molecule has 1 fully saturated rings. The van der Waals surface area contributed by atoms with Crippen LogP contribution in [-0.2, 0) is 32.1 Å². The Labute approximate surface area is 202 Å². The third kappa shape index (κ3) is 5.60. The van der Waals surface area contributed by atoms with Crippen LogP contribution in [0.2, 0.25) is 0 Å². The van der Waals surface area contributed by atoms with Gasteiger partial charge in [-0.2, -0.15) is 0 Å². The third-order valence-corrected chi connectivity index (χ3v) is 5.73. The molecule has 0 aromatic heterocycles. The Kier molecular flexibility index (Phi) is 7.01. The van der Waals surface area contributed by atoms with Crippen LogP contribution in [0.1, 0.15) is 24.5 Å². The maximum Gasteiger partial charge on any atom is 0.257 e. The average Bonchev–Trinajstić information content (AvgIpc) is 3.13. The molecule has 0 radical (unpaired) electrons. The Morgan fingerprint density at radius 1 is 0.943 bits per heavy atom. The monoisotopic (exact) mass is 473 g/mol. The summed E-state index contributed by atoms with van der Waals surface area (Å²) >= 11 is 0. The van der Waals surface area contributed by atoms with Crippen molar-refractivity contribution in [2.24, 2.45) is 0 Å². The minimum atomic E-state index is -0.987. The van der Waals surface area contributed by atoms with E-state index in [1.807, 2.05) is 30.3 Å². The normalized spacial score (nSPS) is 15.3. The molecule has 0 spiro atoms. The molecule has 1 saturated heterocycles. The maximum absolute atomic E-state index is 13.4. The van der Waals surface area contributed by atoms with Gasteiger partial charge in [0.05, 0.1) is 18.5 Å². The number of carbonyl (C=O) groups is 4. The number of amides is 4. The van der Waals surface area contributed by atoms with Gasteiger partial charge in [0.15, 0.2) is 0 Å². The lowest BCUT2D eigenvalue weighted by Crippen LogP contribution is -2.45. The van der Waals surface area contributed by atoms with E-state index in [0.717, 1.165) is 10.5 Å². The van der Waals surface area contributed by atoms with Crippen molar-refractivity contribution in [3.63, 3.8) is 0 Å². The second-order valence-corrected chi connectivity index (χ2v) is 8.33. The summed E-state index contributed by atoms with van der Waals surface area (Å²) in [6.07, 6.45) is -0.0978. The Morgan fingerprint density at radius 2 is 1.60 bits per heavy atom. The minimum absolute atomic E-state index is 0.0605. The van der Waals surface area contributed by atoms with Gasteiger partial charge in [-0.3, -0.25) is 19.2 Å². The molecule has 1 atom stereocenters. The second-order valence-electron chi connectivity index (χ2n) is 8.33. The van der Waals surface area contributed by atoms with Crippen molar-refractivity contribution in [2.45, 2.75) is 32.4 Å². The predicted octanol–water partition coefficient (Wildman–Crippen LogP) is 3.69. The number of halogens is 1. The second kappa shape index (κ2) is 10.3. The van der Waals surface area contributed by atoms with Gasteiger partial charge in [-0.15, -0.1) is 0 Å². The molecule has 4 rings (SSSR count). The first-order valence-corrected chi connectivity index (χ1v) is 11.1. The molecule has 8 heteroatoms. The van der Waals surface area contributed by atoms with Crippen LogP contribution in [0.25, 0.3) is 0 Å². The zero-order chi connectivity index (χ0) is 24.9. The molecule has 0 saturated carbocycles. The van der Waals surface area contributed by atoms with Crippen molar-refractivity contribution in [3.05, 3.63) is 95.8 Å². The van der Waals surface area contributed by atoms with Gasteiger partial charge in [0, 0.05) is 19.2 Å². The van der Waals surface area contributed by atoms with Gasteiger partial charge in [0.1, 0.15) is 11.9 Å². The third-order valence-electron chi connectivity index (χ3n) is 5.73. The number of imide groups is 1. The molecule has 1 heterocycles. The summed E-state index contributed by atoms with van der Waals surface area (Å²) in [6.45, 7) is 1.44. The highest BCUT2D eigenvalue weighted by Crippen LogP contribution is 2.28. The number of benzene rings is 3. The van der Waals surface area contributed by atoms with Gasteiger partial charge in [-0.1, -0.05) is 42.5 Å². The molecule has 1 unspecified atom stereocenters. The summed E-state index contributed by atoms with van der Waals surface area (Å²) in [5.74, 6) is -1.89. The number of hydrogen-bond acceptors (Lipinski definition) is 4. The van der Waals surface area contributed by atoms with Crippen molar-refractivity contribution < 1.29 is 23.6 Å². The van der Waals surface area contributed by atoms with Crippen LogP contribution in [0.15, 0.2) is 78.9 Å². The summed E-state index contributed by atoms with van der Waals surface area (Å²) in [7, 11) is 0. The molecule has 1 aliphatic rings. The number of hydrogen-bond donors (Lipinski definition) is 1. The highest BCUT2D eigenvalue weighted by atomic mass is 19.1. The summed E-state index contributed by atoms with van der Waals surface area (Å²) in [4.78, 5) is 53.3. The van der Waals surface area contributed by atoms with Crippen molar-refractivity contribution in [1.82, 2.24) is 4.90 Å². The van der Waals surface area contributed by atoms with Gasteiger partial charge in [0.25, 0.3) is 5.91 Å². The largest absolute Gasteiger partial charge is 0.326 e. The first-order chi connectivity index (χ1) is 16.8. The molecule has 178 valence electrons. The van der Waals surface area contributed by atoms with Crippen molar-refractivity contribution in [2.75, 3.05) is 10.2 Å². The molecular weight excluding hydrogens is 449 g/mol. The summed E-state index contributed by atoms with van der Waals surface area (Å²) in [6, 6.07) is 20.2. The SMILES string of the molecule is CC(=O)Nc1ccc(N2C(=O)CC(N(Cc3ccc(F)cc3)C(=O)Cc3ccccc3)C2=O)cc1. The van der Waals surface area contributed by atoms with E-state index in [9.17, 15) is 23.6 Å². The smallest absolute Gasteiger partial charge is 0.257 e. The molecule has 35 heavy (non-hydrogen) atoms. The van der Waals surface area contributed by atoms with E-state index in [1.54, 1.807) is 36.4 Å². The fraction of sp³-hybridized carbons (Fsp3) is 0.185. The molecule has 3 aromatic carbocycles. The van der Waals surface area contributed by atoms with Gasteiger partial charge in [-0.05, 0) is 47.5 Å². The predicted molar refractivity (Wildman–Crippen MR) is 129 cm³/mol. The molecule has 4 amide bonds. The fourth-order valence-corrected chi connectivity index (χ4v) is 4.06. The van der Waals surface area contributed by atoms with E-state index in [0.29, 0.717) is 16.9 Å². The van der Waals surface area contributed by atoms with Crippen molar-refractivity contribution in [3.8, 4) is 0 Å². The van der Waals surface area contributed by atoms with Gasteiger partial charge < -0.3 is 10.2 Å². The van der Waals surface area contributed by atoms with Crippen LogP contribution in [0.5, 0.6) is 0 Å². The zero-order valence-electron chi connectivity index (χ0n) is 19.1. The minimum Gasteiger partial charge on any atom is -0.326 e. The Balaban J connectivity index is 1.60. The Hall–Kier alpha value is -4.33.